The molecule has 3 rings (SSSR count). The Kier molecular flexibility index (Phi) is 3.36. The van der Waals surface area contributed by atoms with Gasteiger partial charge >= 0.3 is 0 Å². The van der Waals surface area contributed by atoms with Gasteiger partial charge in [-0.1, -0.05) is 6.07 Å². The van der Waals surface area contributed by atoms with E-state index in [1.165, 1.54) is 11.3 Å². The summed E-state index contributed by atoms with van der Waals surface area (Å²) in [5.41, 5.74) is 0. The molecule has 19 heavy (non-hydrogen) atoms. The number of amides is 1. The first kappa shape index (κ1) is 13.1. The first-order chi connectivity index (χ1) is 9.06. The van der Waals surface area contributed by atoms with E-state index in [1.807, 2.05) is 0 Å². The van der Waals surface area contributed by atoms with Gasteiger partial charge < -0.3 is 4.90 Å². The fourth-order valence-corrected chi connectivity index (χ4v) is 4.61. The molecule has 7 heteroatoms. The topological polar surface area (TPSA) is 66.5 Å². The average molecular weight is 300 g/mol. The van der Waals surface area contributed by atoms with Crippen molar-refractivity contribution in [2.75, 3.05) is 13.1 Å². The lowest BCUT2D eigenvalue weighted by atomic mass is 10.3. The van der Waals surface area contributed by atoms with Crippen LogP contribution in [0.5, 0.6) is 0 Å². The predicted octanol–water partition coefficient (Wildman–Crippen LogP) is 1.04. The highest BCUT2D eigenvalue weighted by atomic mass is 32.2. The van der Waals surface area contributed by atoms with Crippen LogP contribution in [0.2, 0.25) is 0 Å². The van der Waals surface area contributed by atoms with Crippen molar-refractivity contribution in [2.24, 2.45) is 5.92 Å². The number of hydrogen-bond acceptors (Lipinski definition) is 4. The van der Waals surface area contributed by atoms with Crippen LogP contribution in [-0.4, -0.2) is 38.4 Å². The molecule has 1 aliphatic carbocycles. The van der Waals surface area contributed by atoms with Crippen molar-refractivity contribution in [3.05, 3.63) is 17.5 Å². The van der Waals surface area contributed by atoms with Crippen LogP contribution >= 0.6 is 11.3 Å². The number of hydrogen-bond donors (Lipinski definition) is 1. The minimum atomic E-state index is -3.42. The van der Waals surface area contributed by atoms with Crippen molar-refractivity contribution in [2.45, 2.75) is 29.5 Å². The van der Waals surface area contributed by atoms with Crippen molar-refractivity contribution in [1.29, 1.82) is 0 Å². The molecule has 0 bridgehead atoms. The summed E-state index contributed by atoms with van der Waals surface area (Å²) >= 11 is 1.20. The van der Waals surface area contributed by atoms with E-state index in [-0.39, 0.29) is 17.9 Å². The Morgan fingerprint density at radius 2 is 2.16 bits per heavy atom. The largest absolute Gasteiger partial charge is 0.341 e. The predicted molar refractivity (Wildman–Crippen MR) is 72.3 cm³/mol. The van der Waals surface area contributed by atoms with Crippen LogP contribution in [0.25, 0.3) is 0 Å². The monoisotopic (exact) mass is 300 g/mol. The zero-order chi connectivity index (χ0) is 13.5. The van der Waals surface area contributed by atoms with Gasteiger partial charge in [-0.15, -0.1) is 11.3 Å². The van der Waals surface area contributed by atoms with E-state index in [2.05, 4.69) is 4.72 Å². The van der Waals surface area contributed by atoms with E-state index >= 15 is 0 Å². The van der Waals surface area contributed by atoms with E-state index in [0.717, 1.165) is 12.8 Å². The highest BCUT2D eigenvalue weighted by Crippen LogP contribution is 2.32. The Morgan fingerprint density at radius 3 is 2.79 bits per heavy atom. The molecule has 0 aromatic carbocycles. The number of carbonyl (C=O) groups excluding carboxylic acids is 1. The first-order valence-electron chi connectivity index (χ1n) is 6.41. The van der Waals surface area contributed by atoms with Crippen molar-refractivity contribution in [3.8, 4) is 0 Å². The zero-order valence-electron chi connectivity index (χ0n) is 10.4. The van der Waals surface area contributed by atoms with Gasteiger partial charge in [0.1, 0.15) is 4.21 Å². The van der Waals surface area contributed by atoms with E-state index in [1.54, 1.807) is 22.4 Å². The summed E-state index contributed by atoms with van der Waals surface area (Å²) in [5, 5.41) is 1.74. The van der Waals surface area contributed by atoms with E-state index < -0.39 is 10.0 Å². The molecule has 2 aliphatic rings. The molecule has 1 N–H and O–H groups in total. The van der Waals surface area contributed by atoms with Crippen molar-refractivity contribution in [1.82, 2.24) is 9.62 Å². The van der Waals surface area contributed by atoms with Gasteiger partial charge in [-0.3, -0.25) is 4.79 Å². The third-order valence-electron chi connectivity index (χ3n) is 3.51. The number of thiophene rings is 1. The fourth-order valence-electron chi connectivity index (χ4n) is 2.34. The number of carbonyl (C=O) groups is 1. The highest BCUT2D eigenvalue weighted by molar-refractivity contribution is 7.91. The molecule has 1 saturated carbocycles. The third kappa shape index (κ3) is 2.82. The summed E-state index contributed by atoms with van der Waals surface area (Å²) in [7, 11) is -3.42. The molecular weight excluding hydrogens is 284 g/mol. The molecule has 2 heterocycles. The quantitative estimate of drug-likeness (QED) is 0.903. The average Bonchev–Trinajstić information content (AvgIpc) is 2.89. The Bertz CT molecular complexity index is 564. The molecule has 1 saturated heterocycles. The van der Waals surface area contributed by atoms with Gasteiger partial charge in [0.05, 0.1) is 0 Å². The summed E-state index contributed by atoms with van der Waals surface area (Å²) in [4.78, 5) is 13.7. The summed E-state index contributed by atoms with van der Waals surface area (Å²) < 4.78 is 27.2. The number of sulfonamides is 1. The molecule has 0 spiro atoms. The number of likely N-dealkylation sites (tertiary alicyclic amines) is 1. The molecule has 2 fully saturated rings. The molecule has 5 nitrogen and oxygen atoms in total. The molecule has 1 unspecified atom stereocenters. The molecule has 1 atom stereocenters. The second-order valence-corrected chi connectivity index (χ2v) is 7.99. The maximum Gasteiger partial charge on any atom is 0.250 e. The van der Waals surface area contributed by atoms with Gasteiger partial charge in [0.25, 0.3) is 0 Å². The Labute approximate surface area is 116 Å². The van der Waals surface area contributed by atoms with Gasteiger partial charge in [-0.25, -0.2) is 13.1 Å². The second-order valence-electron chi connectivity index (χ2n) is 5.10. The molecule has 1 amide bonds. The third-order valence-corrected chi connectivity index (χ3v) is 6.43. The van der Waals surface area contributed by atoms with Gasteiger partial charge in [-0.2, -0.15) is 0 Å². The van der Waals surface area contributed by atoms with Crippen LogP contribution in [0, 0.1) is 5.92 Å². The Hall–Kier alpha value is -0.920. The van der Waals surface area contributed by atoms with Gasteiger partial charge in [0.15, 0.2) is 0 Å². The molecule has 1 aromatic rings. The van der Waals surface area contributed by atoms with E-state index in [9.17, 15) is 13.2 Å². The van der Waals surface area contributed by atoms with Crippen molar-refractivity contribution in [3.63, 3.8) is 0 Å². The Morgan fingerprint density at radius 1 is 1.37 bits per heavy atom. The smallest absolute Gasteiger partial charge is 0.250 e. The molecule has 104 valence electrons. The maximum atomic E-state index is 12.1. The summed E-state index contributed by atoms with van der Waals surface area (Å²) in [6.07, 6.45) is 2.67. The van der Waals surface area contributed by atoms with Gasteiger partial charge in [0, 0.05) is 25.0 Å². The van der Waals surface area contributed by atoms with E-state index in [0.29, 0.717) is 23.7 Å². The molecule has 1 aliphatic heterocycles. The Balaban J connectivity index is 1.61. The maximum absolute atomic E-state index is 12.1. The number of nitrogens with one attached hydrogen (secondary N) is 1. The minimum Gasteiger partial charge on any atom is -0.341 e. The summed E-state index contributed by atoms with van der Waals surface area (Å²) in [6.45, 7) is 1.16. The van der Waals surface area contributed by atoms with Crippen molar-refractivity contribution < 1.29 is 13.2 Å². The van der Waals surface area contributed by atoms with Crippen LogP contribution in [0.4, 0.5) is 0 Å². The summed E-state index contributed by atoms with van der Waals surface area (Å²) in [6, 6.07) is 3.15. The molecule has 1 aromatic heterocycles. The second kappa shape index (κ2) is 4.88. The van der Waals surface area contributed by atoms with Crippen LogP contribution in [0.3, 0.4) is 0 Å². The zero-order valence-corrected chi connectivity index (χ0v) is 12.0. The highest BCUT2D eigenvalue weighted by Gasteiger charge is 2.37. The fraction of sp³-hybridized carbons (Fsp3) is 0.583. The first-order valence-corrected chi connectivity index (χ1v) is 8.77. The van der Waals surface area contributed by atoms with Crippen LogP contribution in [0.15, 0.2) is 21.7 Å². The summed E-state index contributed by atoms with van der Waals surface area (Å²) in [5.74, 6) is 0.394. The minimum absolute atomic E-state index is 0.158. The number of rotatable bonds is 4. The van der Waals surface area contributed by atoms with Gasteiger partial charge in [0.2, 0.25) is 15.9 Å². The van der Waals surface area contributed by atoms with Crippen LogP contribution < -0.4 is 4.72 Å². The van der Waals surface area contributed by atoms with E-state index in [4.69, 9.17) is 0 Å². The van der Waals surface area contributed by atoms with Crippen LogP contribution in [-0.2, 0) is 14.8 Å². The normalized spacial score (nSPS) is 23.8. The lowest BCUT2D eigenvalue weighted by molar-refractivity contribution is -0.131. The molecule has 0 radical (unpaired) electrons. The van der Waals surface area contributed by atoms with Crippen LogP contribution in [0.1, 0.15) is 19.3 Å². The lowest BCUT2D eigenvalue weighted by Crippen LogP contribution is -2.38. The number of nitrogens with zero attached hydrogens (tertiary/aromatic N) is 1. The molecular formula is C12H16N2O3S2. The lowest BCUT2D eigenvalue weighted by Gasteiger charge is -2.16. The standard InChI is InChI=1S/C12H16N2O3S2/c15-12(9-3-4-9)14-6-5-10(8-14)13-19(16,17)11-2-1-7-18-11/h1-2,7,9-10,13H,3-6,8H2. The van der Waals surface area contributed by atoms with Gasteiger partial charge in [-0.05, 0) is 30.7 Å². The SMILES string of the molecule is O=C(C1CC1)N1CCC(NS(=O)(=O)c2cccs2)C1. The van der Waals surface area contributed by atoms with Crippen molar-refractivity contribution >= 4 is 27.3 Å².